The number of hydrogen-bond acceptors (Lipinski definition) is 6. The van der Waals surface area contributed by atoms with Crippen LogP contribution in [0.5, 0.6) is 0 Å². The summed E-state index contributed by atoms with van der Waals surface area (Å²) in [5, 5.41) is 10.3. The van der Waals surface area contributed by atoms with Gasteiger partial charge in [0.1, 0.15) is 11.6 Å². The smallest absolute Gasteiger partial charge is 0.224 e. The van der Waals surface area contributed by atoms with Crippen LogP contribution in [0.4, 0.5) is 11.8 Å². The van der Waals surface area contributed by atoms with Crippen LogP contribution < -0.4 is 10.6 Å². The lowest BCUT2D eigenvalue weighted by Gasteiger charge is -2.10. The van der Waals surface area contributed by atoms with Gasteiger partial charge in [-0.25, -0.2) is 4.98 Å². The monoisotopic (exact) mass is 261 g/mol. The third-order valence-electron chi connectivity index (χ3n) is 2.92. The van der Waals surface area contributed by atoms with E-state index in [1.807, 2.05) is 27.7 Å². The van der Waals surface area contributed by atoms with Crippen molar-refractivity contribution in [2.24, 2.45) is 0 Å². The molecule has 0 aliphatic rings. The van der Waals surface area contributed by atoms with Crippen LogP contribution in [0.1, 0.15) is 29.5 Å². The Morgan fingerprint density at radius 3 is 2.63 bits per heavy atom. The second-order valence-corrected chi connectivity index (χ2v) is 4.41. The maximum Gasteiger partial charge on any atom is 0.224 e. The van der Waals surface area contributed by atoms with Gasteiger partial charge in [-0.05, 0) is 27.7 Å². The summed E-state index contributed by atoms with van der Waals surface area (Å²) in [6.07, 6.45) is 1.81. The topological polar surface area (TPSA) is 75.9 Å². The molecule has 0 spiro atoms. The van der Waals surface area contributed by atoms with Crippen molar-refractivity contribution in [1.82, 2.24) is 15.1 Å². The van der Waals surface area contributed by atoms with Gasteiger partial charge in [-0.2, -0.15) is 4.98 Å². The highest BCUT2D eigenvalue weighted by atomic mass is 16.5. The van der Waals surface area contributed by atoms with E-state index in [2.05, 4.69) is 25.8 Å². The van der Waals surface area contributed by atoms with E-state index in [0.717, 1.165) is 34.9 Å². The molecule has 0 unspecified atom stereocenters. The van der Waals surface area contributed by atoms with Crippen LogP contribution in [0.25, 0.3) is 0 Å². The Morgan fingerprint density at radius 1 is 1.21 bits per heavy atom. The maximum atomic E-state index is 5.14. The van der Waals surface area contributed by atoms with Gasteiger partial charge in [-0.3, -0.25) is 0 Å². The Labute approximate surface area is 112 Å². The molecule has 0 aromatic carbocycles. The molecular formula is C13H19N5O. The molecular weight excluding hydrogens is 242 g/mol. The van der Waals surface area contributed by atoms with E-state index in [1.165, 1.54) is 0 Å². The Balaban J connectivity index is 2.12. The highest BCUT2D eigenvalue weighted by Crippen LogP contribution is 2.17. The number of aryl methyl sites for hydroxylation is 3. The molecule has 0 amide bonds. The summed E-state index contributed by atoms with van der Waals surface area (Å²) in [4.78, 5) is 8.65. The molecule has 0 radical (unpaired) electrons. The fourth-order valence-electron chi connectivity index (χ4n) is 1.79. The van der Waals surface area contributed by atoms with Crippen LogP contribution in [0, 0.1) is 20.8 Å². The molecule has 6 heteroatoms. The van der Waals surface area contributed by atoms with E-state index >= 15 is 0 Å². The Kier molecular flexibility index (Phi) is 3.99. The number of nitrogens with zero attached hydrogens (tertiary/aromatic N) is 3. The molecule has 19 heavy (non-hydrogen) atoms. The van der Waals surface area contributed by atoms with Crippen molar-refractivity contribution in [3.63, 3.8) is 0 Å². The molecule has 2 heterocycles. The predicted octanol–water partition coefficient (Wildman–Crippen LogP) is 2.43. The van der Waals surface area contributed by atoms with Gasteiger partial charge >= 0.3 is 0 Å². The summed E-state index contributed by atoms with van der Waals surface area (Å²) < 4.78 is 5.14. The molecule has 2 aromatic rings. The van der Waals surface area contributed by atoms with Gasteiger partial charge in [-0.1, -0.05) is 5.16 Å². The Morgan fingerprint density at radius 2 is 2.00 bits per heavy atom. The van der Waals surface area contributed by atoms with Crippen molar-refractivity contribution in [3.05, 3.63) is 28.8 Å². The normalized spacial score (nSPS) is 10.5. The first kappa shape index (κ1) is 13.3. The first-order valence-electron chi connectivity index (χ1n) is 6.35. The van der Waals surface area contributed by atoms with Crippen LogP contribution in [-0.2, 0) is 6.54 Å². The predicted molar refractivity (Wildman–Crippen MR) is 74.2 cm³/mol. The molecule has 0 aliphatic heterocycles. The standard InChI is InChI=1S/C13H19N5O/c1-5-14-13-16-6-8(2)12(17-13)15-7-11-9(3)18-19-10(11)4/h6H,5,7H2,1-4H3,(H2,14,15,16,17). The number of hydrogen-bond donors (Lipinski definition) is 2. The molecule has 0 bridgehead atoms. The van der Waals surface area contributed by atoms with Crippen LogP contribution in [0.2, 0.25) is 0 Å². The molecule has 0 aliphatic carbocycles. The minimum absolute atomic E-state index is 0.634. The van der Waals surface area contributed by atoms with Gasteiger partial charge in [0.2, 0.25) is 5.95 Å². The zero-order valence-corrected chi connectivity index (χ0v) is 11.7. The maximum absolute atomic E-state index is 5.14. The van der Waals surface area contributed by atoms with Gasteiger partial charge in [-0.15, -0.1) is 0 Å². The quantitative estimate of drug-likeness (QED) is 0.861. The van der Waals surface area contributed by atoms with E-state index < -0.39 is 0 Å². The first-order valence-corrected chi connectivity index (χ1v) is 6.35. The molecule has 0 atom stereocenters. The van der Waals surface area contributed by atoms with Crippen molar-refractivity contribution in [3.8, 4) is 0 Å². The van der Waals surface area contributed by atoms with Gasteiger partial charge in [0, 0.05) is 30.4 Å². The van der Waals surface area contributed by atoms with Crippen molar-refractivity contribution in [1.29, 1.82) is 0 Å². The lowest BCUT2D eigenvalue weighted by atomic mass is 10.2. The molecule has 0 fully saturated rings. The SMILES string of the molecule is CCNc1ncc(C)c(NCc2c(C)noc2C)n1. The molecule has 6 nitrogen and oxygen atoms in total. The summed E-state index contributed by atoms with van der Waals surface area (Å²) in [7, 11) is 0. The third-order valence-corrected chi connectivity index (χ3v) is 2.92. The highest BCUT2D eigenvalue weighted by Gasteiger charge is 2.10. The van der Waals surface area contributed by atoms with E-state index in [4.69, 9.17) is 4.52 Å². The minimum Gasteiger partial charge on any atom is -0.365 e. The number of anilines is 2. The zero-order chi connectivity index (χ0) is 13.8. The van der Waals surface area contributed by atoms with Crippen LogP contribution in [-0.4, -0.2) is 21.7 Å². The van der Waals surface area contributed by atoms with Gasteiger partial charge in [0.25, 0.3) is 0 Å². The fraction of sp³-hybridized carbons (Fsp3) is 0.462. The summed E-state index contributed by atoms with van der Waals surface area (Å²) in [5.41, 5.74) is 2.99. The fourth-order valence-corrected chi connectivity index (χ4v) is 1.79. The van der Waals surface area contributed by atoms with Crippen LogP contribution in [0.15, 0.2) is 10.7 Å². The van der Waals surface area contributed by atoms with E-state index in [9.17, 15) is 0 Å². The average molecular weight is 261 g/mol. The Hall–Kier alpha value is -2.11. The second kappa shape index (κ2) is 5.69. The number of rotatable bonds is 5. The Bertz CT molecular complexity index is 545. The van der Waals surface area contributed by atoms with Crippen molar-refractivity contribution >= 4 is 11.8 Å². The summed E-state index contributed by atoms with van der Waals surface area (Å²) >= 11 is 0. The van der Waals surface area contributed by atoms with Gasteiger partial charge in [0.15, 0.2) is 0 Å². The average Bonchev–Trinajstić information content (AvgIpc) is 2.70. The van der Waals surface area contributed by atoms with Crippen LogP contribution >= 0.6 is 0 Å². The molecule has 0 saturated heterocycles. The number of nitrogens with one attached hydrogen (secondary N) is 2. The molecule has 2 N–H and O–H groups in total. The lowest BCUT2D eigenvalue weighted by molar-refractivity contribution is 0.392. The van der Waals surface area contributed by atoms with Gasteiger partial charge in [0.05, 0.1) is 5.69 Å². The van der Waals surface area contributed by atoms with Crippen molar-refractivity contribution in [2.75, 3.05) is 17.2 Å². The van der Waals surface area contributed by atoms with E-state index in [1.54, 1.807) is 6.20 Å². The molecule has 2 aromatic heterocycles. The van der Waals surface area contributed by atoms with Crippen molar-refractivity contribution < 1.29 is 4.52 Å². The first-order chi connectivity index (χ1) is 9.11. The van der Waals surface area contributed by atoms with E-state index in [0.29, 0.717) is 12.5 Å². The third kappa shape index (κ3) is 3.01. The van der Waals surface area contributed by atoms with Gasteiger partial charge < -0.3 is 15.2 Å². The van der Waals surface area contributed by atoms with E-state index in [-0.39, 0.29) is 0 Å². The lowest BCUT2D eigenvalue weighted by Crippen LogP contribution is -2.08. The summed E-state index contributed by atoms with van der Waals surface area (Å²) in [5.74, 6) is 2.30. The second-order valence-electron chi connectivity index (χ2n) is 4.41. The van der Waals surface area contributed by atoms with Crippen LogP contribution in [0.3, 0.4) is 0 Å². The molecule has 0 saturated carbocycles. The number of aromatic nitrogens is 3. The highest BCUT2D eigenvalue weighted by molar-refractivity contribution is 5.47. The summed E-state index contributed by atoms with van der Waals surface area (Å²) in [6.45, 7) is 9.28. The summed E-state index contributed by atoms with van der Waals surface area (Å²) in [6, 6.07) is 0. The molecule has 2 rings (SSSR count). The van der Waals surface area contributed by atoms with Crippen molar-refractivity contribution in [2.45, 2.75) is 34.2 Å². The minimum atomic E-state index is 0.634. The largest absolute Gasteiger partial charge is 0.365 e. The zero-order valence-electron chi connectivity index (χ0n) is 11.7. The molecule has 102 valence electrons.